The van der Waals surface area contributed by atoms with Crippen molar-refractivity contribution in [2.75, 3.05) is 29.5 Å². The van der Waals surface area contributed by atoms with E-state index in [9.17, 15) is 0 Å². The fraction of sp³-hybridized carbons (Fsp3) is 0.333. The van der Waals surface area contributed by atoms with Gasteiger partial charge in [-0.15, -0.1) is 0 Å². The fourth-order valence-corrected chi connectivity index (χ4v) is 1.99. The van der Waals surface area contributed by atoms with Gasteiger partial charge in [0.05, 0.1) is 0 Å². The molecular formula is C15H21N5. The molecule has 4 N–H and O–H groups in total. The number of hydrogen-bond donors (Lipinski definition) is 3. The molecule has 1 heterocycles. The highest BCUT2D eigenvalue weighted by Gasteiger charge is 2.06. The summed E-state index contributed by atoms with van der Waals surface area (Å²) in [6, 6.07) is 12.3. The first kappa shape index (κ1) is 14.1. The molecule has 0 aliphatic carbocycles. The Kier molecular flexibility index (Phi) is 4.76. The molecule has 0 amide bonds. The summed E-state index contributed by atoms with van der Waals surface area (Å²) in [7, 11) is 0. The Morgan fingerprint density at radius 3 is 2.40 bits per heavy atom. The minimum Gasteiger partial charge on any atom is -0.370 e. The molecule has 20 heavy (non-hydrogen) atoms. The zero-order valence-corrected chi connectivity index (χ0v) is 11.9. The Morgan fingerprint density at radius 2 is 1.75 bits per heavy atom. The fourth-order valence-electron chi connectivity index (χ4n) is 1.99. The average Bonchev–Trinajstić information content (AvgIpc) is 2.45. The van der Waals surface area contributed by atoms with Crippen LogP contribution in [0.3, 0.4) is 0 Å². The van der Waals surface area contributed by atoms with Crippen molar-refractivity contribution in [1.29, 1.82) is 0 Å². The van der Waals surface area contributed by atoms with Crippen LogP contribution < -0.4 is 16.4 Å². The van der Waals surface area contributed by atoms with Crippen molar-refractivity contribution >= 4 is 17.6 Å². The standard InChI is InChI=1S/C15H21N5/c1-3-17-13-9-14(20-15(16)19-13)18-10-11(2)12-7-5-4-6-8-12/h4-9,11H,3,10H2,1-2H3,(H4,16,17,18,19,20). The van der Waals surface area contributed by atoms with E-state index in [1.165, 1.54) is 5.56 Å². The van der Waals surface area contributed by atoms with Crippen LogP contribution in [-0.4, -0.2) is 23.1 Å². The van der Waals surface area contributed by atoms with E-state index < -0.39 is 0 Å². The molecule has 0 spiro atoms. The Balaban J connectivity index is 2.00. The van der Waals surface area contributed by atoms with Crippen LogP contribution in [0.15, 0.2) is 36.4 Å². The van der Waals surface area contributed by atoms with E-state index in [0.717, 1.165) is 24.7 Å². The zero-order chi connectivity index (χ0) is 14.4. The minimum absolute atomic E-state index is 0.276. The molecule has 2 aromatic rings. The maximum Gasteiger partial charge on any atom is 0.223 e. The molecule has 0 aliphatic heterocycles. The molecule has 106 valence electrons. The molecule has 0 aliphatic rings. The molecule has 0 radical (unpaired) electrons. The predicted octanol–water partition coefficient (Wildman–Crippen LogP) is 2.71. The van der Waals surface area contributed by atoms with Crippen LogP contribution in [0, 0.1) is 0 Å². The second-order valence-corrected chi connectivity index (χ2v) is 4.72. The topological polar surface area (TPSA) is 75.9 Å². The van der Waals surface area contributed by atoms with Crippen LogP contribution >= 0.6 is 0 Å². The average molecular weight is 271 g/mol. The molecule has 5 nitrogen and oxygen atoms in total. The number of nitrogens with one attached hydrogen (secondary N) is 2. The third kappa shape index (κ3) is 3.85. The summed E-state index contributed by atoms with van der Waals surface area (Å²) < 4.78 is 0. The molecule has 1 aromatic carbocycles. The molecule has 2 rings (SSSR count). The Bertz CT molecular complexity index is 541. The van der Waals surface area contributed by atoms with Gasteiger partial charge in [0.25, 0.3) is 0 Å². The van der Waals surface area contributed by atoms with Gasteiger partial charge < -0.3 is 16.4 Å². The summed E-state index contributed by atoms with van der Waals surface area (Å²) in [5, 5.41) is 6.45. The summed E-state index contributed by atoms with van der Waals surface area (Å²) in [4.78, 5) is 8.32. The van der Waals surface area contributed by atoms with Gasteiger partial charge in [-0.2, -0.15) is 9.97 Å². The van der Waals surface area contributed by atoms with Crippen LogP contribution in [-0.2, 0) is 0 Å². The number of benzene rings is 1. The molecule has 0 saturated heterocycles. The SMILES string of the molecule is CCNc1cc(NCC(C)c2ccccc2)nc(N)n1. The number of nitrogens with two attached hydrogens (primary N) is 1. The summed E-state index contributed by atoms with van der Waals surface area (Å²) in [5.41, 5.74) is 7.00. The first-order valence-corrected chi connectivity index (χ1v) is 6.86. The van der Waals surface area contributed by atoms with Gasteiger partial charge >= 0.3 is 0 Å². The van der Waals surface area contributed by atoms with Crippen molar-refractivity contribution in [1.82, 2.24) is 9.97 Å². The lowest BCUT2D eigenvalue weighted by Crippen LogP contribution is -2.12. The second kappa shape index (κ2) is 6.75. The van der Waals surface area contributed by atoms with Gasteiger partial charge in [0.1, 0.15) is 11.6 Å². The molecule has 5 heteroatoms. The van der Waals surface area contributed by atoms with E-state index in [4.69, 9.17) is 5.73 Å². The molecular weight excluding hydrogens is 250 g/mol. The van der Waals surface area contributed by atoms with Crippen molar-refractivity contribution in [3.8, 4) is 0 Å². The van der Waals surface area contributed by atoms with Gasteiger partial charge in [-0.05, 0) is 18.4 Å². The number of nitrogens with zero attached hydrogens (tertiary/aromatic N) is 2. The highest BCUT2D eigenvalue weighted by molar-refractivity contribution is 5.51. The Labute approximate surface area is 119 Å². The number of aromatic nitrogens is 2. The number of hydrogen-bond acceptors (Lipinski definition) is 5. The summed E-state index contributed by atoms with van der Waals surface area (Å²) in [6.45, 7) is 5.79. The highest BCUT2D eigenvalue weighted by Crippen LogP contribution is 2.17. The van der Waals surface area contributed by atoms with E-state index in [-0.39, 0.29) is 5.95 Å². The van der Waals surface area contributed by atoms with Gasteiger partial charge in [0.2, 0.25) is 5.95 Å². The largest absolute Gasteiger partial charge is 0.370 e. The molecule has 0 fully saturated rings. The number of nitrogen functional groups attached to an aromatic ring is 1. The summed E-state index contributed by atoms with van der Waals surface area (Å²) in [6.07, 6.45) is 0. The van der Waals surface area contributed by atoms with Crippen LogP contribution in [0.2, 0.25) is 0 Å². The van der Waals surface area contributed by atoms with Gasteiger partial charge in [0.15, 0.2) is 0 Å². The maximum absolute atomic E-state index is 5.70. The molecule has 1 atom stereocenters. The van der Waals surface area contributed by atoms with Gasteiger partial charge in [-0.25, -0.2) is 0 Å². The van der Waals surface area contributed by atoms with E-state index in [1.807, 2.05) is 19.1 Å². The van der Waals surface area contributed by atoms with Crippen molar-refractivity contribution < 1.29 is 0 Å². The monoisotopic (exact) mass is 271 g/mol. The molecule has 0 bridgehead atoms. The van der Waals surface area contributed by atoms with Crippen LogP contribution in [0.25, 0.3) is 0 Å². The Hall–Kier alpha value is -2.30. The summed E-state index contributed by atoms with van der Waals surface area (Å²) in [5.74, 6) is 2.17. The lowest BCUT2D eigenvalue weighted by molar-refractivity contribution is 0.801. The predicted molar refractivity (Wildman–Crippen MR) is 84.0 cm³/mol. The van der Waals surface area contributed by atoms with Gasteiger partial charge in [-0.3, -0.25) is 0 Å². The van der Waals surface area contributed by atoms with Crippen molar-refractivity contribution in [2.45, 2.75) is 19.8 Å². The normalized spacial score (nSPS) is 11.9. The maximum atomic E-state index is 5.70. The smallest absolute Gasteiger partial charge is 0.223 e. The number of anilines is 3. The van der Waals surface area contributed by atoms with E-state index >= 15 is 0 Å². The molecule has 1 unspecified atom stereocenters. The third-order valence-electron chi connectivity index (χ3n) is 3.06. The van der Waals surface area contributed by atoms with E-state index in [2.05, 4.69) is 51.8 Å². The first-order chi connectivity index (χ1) is 9.69. The quantitative estimate of drug-likeness (QED) is 0.753. The van der Waals surface area contributed by atoms with Crippen LogP contribution in [0.5, 0.6) is 0 Å². The van der Waals surface area contributed by atoms with Gasteiger partial charge in [0, 0.05) is 19.2 Å². The van der Waals surface area contributed by atoms with Crippen LogP contribution in [0.1, 0.15) is 25.3 Å². The van der Waals surface area contributed by atoms with Crippen LogP contribution in [0.4, 0.5) is 17.6 Å². The zero-order valence-electron chi connectivity index (χ0n) is 11.9. The third-order valence-corrected chi connectivity index (χ3v) is 3.06. The lowest BCUT2D eigenvalue weighted by Gasteiger charge is -2.14. The molecule has 0 saturated carbocycles. The number of rotatable bonds is 6. The van der Waals surface area contributed by atoms with Crippen molar-refractivity contribution in [2.24, 2.45) is 0 Å². The van der Waals surface area contributed by atoms with Crippen molar-refractivity contribution in [3.05, 3.63) is 42.0 Å². The molecule has 1 aromatic heterocycles. The van der Waals surface area contributed by atoms with E-state index in [0.29, 0.717) is 5.92 Å². The highest BCUT2D eigenvalue weighted by atomic mass is 15.1. The minimum atomic E-state index is 0.276. The second-order valence-electron chi connectivity index (χ2n) is 4.72. The van der Waals surface area contributed by atoms with Gasteiger partial charge in [-0.1, -0.05) is 37.3 Å². The van der Waals surface area contributed by atoms with E-state index in [1.54, 1.807) is 0 Å². The summed E-state index contributed by atoms with van der Waals surface area (Å²) >= 11 is 0. The first-order valence-electron chi connectivity index (χ1n) is 6.86. The Morgan fingerprint density at radius 1 is 1.10 bits per heavy atom. The lowest BCUT2D eigenvalue weighted by atomic mass is 10.0. The van der Waals surface area contributed by atoms with Crippen molar-refractivity contribution in [3.63, 3.8) is 0 Å².